The minimum atomic E-state index is -0.292. The fourth-order valence-corrected chi connectivity index (χ4v) is 2.64. The standard InChI is InChI=1S/C19H22N4O2/c1-12(2)25-18-16-11-15(8-9-17(16)23(4)22-18)21-19(24)20-14-7-5-6-13(3)10-14/h5-12H,1-4H3,(H2,20,21,24). The number of aromatic nitrogens is 2. The van der Waals surface area contributed by atoms with Crippen LogP contribution in [0.3, 0.4) is 0 Å². The maximum Gasteiger partial charge on any atom is 0.323 e. The average molecular weight is 338 g/mol. The molecule has 6 heteroatoms. The molecule has 0 aliphatic rings. The monoisotopic (exact) mass is 338 g/mol. The second-order valence-corrected chi connectivity index (χ2v) is 6.28. The molecule has 6 nitrogen and oxygen atoms in total. The zero-order chi connectivity index (χ0) is 18.0. The number of rotatable bonds is 4. The highest BCUT2D eigenvalue weighted by Crippen LogP contribution is 2.28. The van der Waals surface area contributed by atoms with Gasteiger partial charge in [-0.3, -0.25) is 4.68 Å². The van der Waals surface area contributed by atoms with E-state index in [4.69, 9.17) is 4.74 Å². The lowest BCUT2D eigenvalue weighted by Crippen LogP contribution is -2.19. The van der Waals surface area contributed by atoms with Gasteiger partial charge in [-0.2, -0.15) is 0 Å². The van der Waals surface area contributed by atoms with Crippen molar-refractivity contribution in [2.24, 2.45) is 7.05 Å². The van der Waals surface area contributed by atoms with Crippen molar-refractivity contribution in [3.8, 4) is 5.88 Å². The van der Waals surface area contributed by atoms with Crippen molar-refractivity contribution in [1.82, 2.24) is 9.78 Å². The molecule has 0 spiro atoms. The van der Waals surface area contributed by atoms with Crippen molar-refractivity contribution in [3.05, 3.63) is 48.0 Å². The summed E-state index contributed by atoms with van der Waals surface area (Å²) in [6, 6.07) is 13.0. The van der Waals surface area contributed by atoms with Gasteiger partial charge in [-0.15, -0.1) is 5.10 Å². The van der Waals surface area contributed by atoms with E-state index in [0.29, 0.717) is 11.6 Å². The Morgan fingerprint density at radius 1 is 1.12 bits per heavy atom. The van der Waals surface area contributed by atoms with Gasteiger partial charge in [-0.25, -0.2) is 4.79 Å². The van der Waals surface area contributed by atoms with Gasteiger partial charge in [0.1, 0.15) is 0 Å². The van der Waals surface area contributed by atoms with Crippen LogP contribution in [0.1, 0.15) is 19.4 Å². The Morgan fingerprint density at radius 2 is 1.84 bits per heavy atom. The molecule has 2 amide bonds. The summed E-state index contributed by atoms with van der Waals surface area (Å²) in [6.45, 7) is 5.89. The summed E-state index contributed by atoms with van der Waals surface area (Å²) < 4.78 is 7.52. The van der Waals surface area contributed by atoms with Crippen LogP contribution in [0.4, 0.5) is 16.2 Å². The number of carbonyl (C=O) groups excluding carboxylic acids is 1. The molecule has 0 aliphatic carbocycles. The molecule has 1 aromatic heterocycles. The van der Waals surface area contributed by atoms with Gasteiger partial charge in [0.05, 0.1) is 17.0 Å². The van der Waals surface area contributed by atoms with Crippen molar-refractivity contribution in [3.63, 3.8) is 0 Å². The molecule has 0 saturated carbocycles. The van der Waals surface area contributed by atoms with Gasteiger partial charge >= 0.3 is 6.03 Å². The van der Waals surface area contributed by atoms with E-state index < -0.39 is 0 Å². The topological polar surface area (TPSA) is 68.2 Å². The van der Waals surface area contributed by atoms with E-state index in [0.717, 1.165) is 22.2 Å². The summed E-state index contributed by atoms with van der Waals surface area (Å²) in [5.74, 6) is 0.565. The zero-order valence-corrected chi connectivity index (χ0v) is 14.8. The van der Waals surface area contributed by atoms with E-state index in [2.05, 4.69) is 15.7 Å². The third-order valence-electron chi connectivity index (χ3n) is 3.70. The van der Waals surface area contributed by atoms with Crippen LogP contribution >= 0.6 is 0 Å². The average Bonchev–Trinajstić information content (AvgIpc) is 2.82. The van der Waals surface area contributed by atoms with Crippen molar-refractivity contribution in [1.29, 1.82) is 0 Å². The highest BCUT2D eigenvalue weighted by atomic mass is 16.5. The molecule has 0 atom stereocenters. The molecule has 0 saturated heterocycles. The van der Waals surface area contributed by atoms with E-state index in [9.17, 15) is 4.79 Å². The summed E-state index contributed by atoms with van der Waals surface area (Å²) in [7, 11) is 1.87. The van der Waals surface area contributed by atoms with Crippen LogP contribution in [0.25, 0.3) is 10.9 Å². The minimum Gasteiger partial charge on any atom is -0.473 e. The number of hydrogen-bond acceptors (Lipinski definition) is 3. The quantitative estimate of drug-likeness (QED) is 0.745. The lowest BCUT2D eigenvalue weighted by molar-refractivity contribution is 0.233. The first-order valence-electron chi connectivity index (χ1n) is 8.20. The van der Waals surface area contributed by atoms with Gasteiger partial charge in [-0.05, 0) is 56.7 Å². The summed E-state index contributed by atoms with van der Waals surface area (Å²) in [4.78, 5) is 12.2. The minimum absolute atomic E-state index is 0.0272. The highest BCUT2D eigenvalue weighted by molar-refractivity contribution is 6.01. The van der Waals surface area contributed by atoms with Gasteiger partial charge in [0.25, 0.3) is 0 Å². The van der Waals surface area contributed by atoms with Crippen LogP contribution in [0.15, 0.2) is 42.5 Å². The first kappa shape index (κ1) is 16.8. The number of aryl methyl sites for hydroxylation is 2. The Balaban J connectivity index is 1.80. The van der Waals surface area contributed by atoms with E-state index >= 15 is 0 Å². The van der Waals surface area contributed by atoms with Gasteiger partial charge in [0.2, 0.25) is 5.88 Å². The van der Waals surface area contributed by atoms with E-state index in [1.54, 1.807) is 4.68 Å². The number of amides is 2. The Morgan fingerprint density at radius 3 is 2.52 bits per heavy atom. The van der Waals surface area contributed by atoms with Crippen molar-refractivity contribution < 1.29 is 9.53 Å². The van der Waals surface area contributed by atoms with Gasteiger partial charge in [-0.1, -0.05) is 12.1 Å². The first-order valence-corrected chi connectivity index (χ1v) is 8.20. The molecule has 0 radical (unpaired) electrons. The number of anilines is 2. The summed E-state index contributed by atoms with van der Waals surface area (Å²) in [5.41, 5.74) is 3.47. The largest absolute Gasteiger partial charge is 0.473 e. The van der Waals surface area contributed by atoms with Gasteiger partial charge < -0.3 is 15.4 Å². The summed E-state index contributed by atoms with van der Waals surface area (Å²) in [6.07, 6.45) is 0.0272. The predicted octanol–water partition coefficient (Wildman–Crippen LogP) is 4.31. The van der Waals surface area contributed by atoms with Crippen LogP contribution in [0.5, 0.6) is 5.88 Å². The van der Waals surface area contributed by atoms with Gasteiger partial charge in [0.15, 0.2) is 0 Å². The molecule has 0 unspecified atom stereocenters. The van der Waals surface area contributed by atoms with Crippen LogP contribution in [0, 0.1) is 6.92 Å². The number of fused-ring (bicyclic) bond motifs is 1. The molecule has 0 fully saturated rings. The van der Waals surface area contributed by atoms with Crippen LogP contribution < -0.4 is 15.4 Å². The molecule has 25 heavy (non-hydrogen) atoms. The zero-order valence-electron chi connectivity index (χ0n) is 14.8. The Bertz CT molecular complexity index is 915. The number of nitrogens with zero attached hydrogens (tertiary/aromatic N) is 2. The fourth-order valence-electron chi connectivity index (χ4n) is 2.64. The van der Waals surface area contributed by atoms with E-state index in [1.807, 2.05) is 70.3 Å². The third kappa shape index (κ3) is 3.91. The molecule has 130 valence electrons. The summed E-state index contributed by atoms with van der Waals surface area (Å²) >= 11 is 0. The van der Waals surface area contributed by atoms with Crippen LogP contribution in [-0.2, 0) is 7.05 Å². The van der Waals surface area contributed by atoms with Crippen molar-refractivity contribution in [2.45, 2.75) is 26.9 Å². The third-order valence-corrected chi connectivity index (χ3v) is 3.70. The predicted molar refractivity (Wildman–Crippen MR) is 100 cm³/mol. The number of hydrogen-bond donors (Lipinski definition) is 2. The number of benzene rings is 2. The van der Waals surface area contributed by atoms with Crippen molar-refractivity contribution >= 4 is 28.3 Å². The molecule has 1 heterocycles. The number of urea groups is 1. The Hall–Kier alpha value is -3.02. The number of nitrogens with one attached hydrogen (secondary N) is 2. The maximum absolute atomic E-state index is 12.2. The molecule has 2 aromatic carbocycles. The van der Waals surface area contributed by atoms with Gasteiger partial charge in [0, 0.05) is 18.4 Å². The molecular weight excluding hydrogens is 316 g/mol. The second kappa shape index (κ2) is 6.84. The summed E-state index contributed by atoms with van der Waals surface area (Å²) in [5, 5.41) is 10.9. The molecule has 0 bridgehead atoms. The molecule has 0 aliphatic heterocycles. The molecular formula is C19H22N4O2. The van der Waals surface area contributed by atoms with E-state index in [-0.39, 0.29) is 12.1 Å². The SMILES string of the molecule is Cc1cccc(NC(=O)Nc2ccc3c(c2)c(OC(C)C)nn3C)c1. The lowest BCUT2D eigenvalue weighted by atomic mass is 10.2. The number of ether oxygens (including phenoxy) is 1. The second-order valence-electron chi connectivity index (χ2n) is 6.28. The fraction of sp³-hybridized carbons (Fsp3) is 0.263. The lowest BCUT2D eigenvalue weighted by Gasteiger charge is -2.09. The number of carbonyl (C=O) groups is 1. The molecule has 3 aromatic rings. The maximum atomic E-state index is 12.2. The normalized spacial score (nSPS) is 10.9. The Kier molecular flexibility index (Phi) is 4.61. The Labute approximate surface area is 146 Å². The molecule has 2 N–H and O–H groups in total. The van der Waals surface area contributed by atoms with Crippen LogP contribution in [-0.4, -0.2) is 21.9 Å². The van der Waals surface area contributed by atoms with E-state index in [1.165, 1.54) is 0 Å². The molecule has 3 rings (SSSR count). The first-order chi connectivity index (χ1) is 11.9. The smallest absolute Gasteiger partial charge is 0.323 e. The highest BCUT2D eigenvalue weighted by Gasteiger charge is 2.13. The van der Waals surface area contributed by atoms with Crippen LogP contribution in [0.2, 0.25) is 0 Å². The van der Waals surface area contributed by atoms with Crippen molar-refractivity contribution in [2.75, 3.05) is 10.6 Å².